The van der Waals surface area contributed by atoms with E-state index in [1.165, 1.54) is 0 Å². The molecule has 0 unspecified atom stereocenters. The lowest BCUT2D eigenvalue weighted by Gasteiger charge is -2.00. The summed E-state index contributed by atoms with van der Waals surface area (Å²) < 4.78 is 0. The van der Waals surface area contributed by atoms with Crippen LogP contribution in [0.4, 0.5) is 0 Å². The van der Waals surface area contributed by atoms with E-state index < -0.39 is 0 Å². The summed E-state index contributed by atoms with van der Waals surface area (Å²) in [5.41, 5.74) is 3.12. The van der Waals surface area contributed by atoms with Crippen molar-refractivity contribution in [1.82, 2.24) is 0 Å². The molecule has 2 rings (SSSR count). The van der Waals surface area contributed by atoms with E-state index in [2.05, 4.69) is 17.3 Å². The lowest BCUT2D eigenvalue weighted by molar-refractivity contribution is 0.175. The fraction of sp³-hybridized carbons (Fsp3) is 0.118. The average Bonchev–Trinajstić information content (AvgIpc) is 2.49. The largest absolute Gasteiger partial charge is 0.391 e. The van der Waals surface area contributed by atoms with Crippen LogP contribution >= 0.6 is 0 Å². The minimum atomic E-state index is 0.471. The maximum atomic E-state index is 5.27. The van der Waals surface area contributed by atoms with E-state index in [9.17, 15) is 0 Å². The predicted molar refractivity (Wildman–Crippen MR) is 80.1 cm³/mol. The highest BCUT2D eigenvalue weighted by Crippen LogP contribution is 2.02. The van der Waals surface area contributed by atoms with Gasteiger partial charge in [0, 0.05) is 0 Å². The second-order valence-electron chi connectivity index (χ2n) is 4.15. The Labute approximate surface area is 114 Å². The second-order valence-corrected chi connectivity index (χ2v) is 4.15. The SMILES string of the molecule is C/C(=N\OC/C=C/c1ccccc1)c1ccccc1. The van der Waals surface area contributed by atoms with Crippen LogP contribution in [0, 0.1) is 0 Å². The summed E-state index contributed by atoms with van der Waals surface area (Å²) in [6.07, 6.45) is 3.98. The highest BCUT2D eigenvalue weighted by molar-refractivity contribution is 5.98. The van der Waals surface area contributed by atoms with Gasteiger partial charge in [0.05, 0.1) is 5.71 Å². The molecule has 0 spiro atoms. The van der Waals surface area contributed by atoms with E-state index in [0.29, 0.717) is 6.61 Å². The number of hydrogen-bond donors (Lipinski definition) is 0. The Morgan fingerprint density at radius 1 is 1.00 bits per heavy atom. The van der Waals surface area contributed by atoms with Crippen LogP contribution in [0.25, 0.3) is 6.08 Å². The standard InChI is InChI=1S/C17H17NO/c1-15(17-12-6-3-7-13-17)18-19-14-8-11-16-9-4-2-5-10-16/h2-13H,14H2,1H3/b11-8+,18-15+. The number of hydrogen-bond acceptors (Lipinski definition) is 2. The molecule has 2 nitrogen and oxygen atoms in total. The molecule has 0 aliphatic carbocycles. The van der Waals surface area contributed by atoms with Crippen molar-refractivity contribution < 1.29 is 4.84 Å². The van der Waals surface area contributed by atoms with Gasteiger partial charge in [-0.2, -0.15) is 0 Å². The zero-order chi connectivity index (χ0) is 13.3. The van der Waals surface area contributed by atoms with Gasteiger partial charge in [0.25, 0.3) is 0 Å². The molecule has 0 aliphatic rings. The Hall–Kier alpha value is -2.35. The van der Waals surface area contributed by atoms with E-state index in [4.69, 9.17) is 4.84 Å². The average molecular weight is 251 g/mol. The van der Waals surface area contributed by atoms with Crippen molar-refractivity contribution in [3.8, 4) is 0 Å². The molecule has 2 aromatic rings. The lowest BCUT2D eigenvalue weighted by Crippen LogP contribution is -1.95. The zero-order valence-electron chi connectivity index (χ0n) is 11.0. The first-order valence-electron chi connectivity index (χ1n) is 6.30. The van der Waals surface area contributed by atoms with Gasteiger partial charge in [0.15, 0.2) is 0 Å². The summed E-state index contributed by atoms with van der Waals surface area (Å²) in [5.74, 6) is 0. The van der Waals surface area contributed by atoms with Crippen LogP contribution in [0.3, 0.4) is 0 Å². The summed E-state index contributed by atoms with van der Waals surface area (Å²) in [7, 11) is 0. The molecule has 0 atom stereocenters. The predicted octanol–water partition coefficient (Wildman–Crippen LogP) is 4.14. The molecule has 0 aliphatic heterocycles. The van der Waals surface area contributed by atoms with Gasteiger partial charge in [-0.1, -0.05) is 71.9 Å². The van der Waals surface area contributed by atoms with Gasteiger partial charge >= 0.3 is 0 Å². The Balaban J connectivity index is 1.82. The number of benzene rings is 2. The van der Waals surface area contributed by atoms with Gasteiger partial charge in [-0.3, -0.25) is 0 Å². The monoisotopic (exact) mass is 251 g/mol. The van der Waals surface area contributed by atoms with E-state index in [1.54, 1.807) is 0 Å². The van der Waals surface area contributed by atoms with E-state index >= 15 is 0 Å². The van der Waals surface area contributed by atoms with E-state index in [-0.39, 0.29) is 0 Å². The molecule has 0 radical (unpaired) electrons. The van der Waals surface area contributed by atoms with Gasteiger partial charge in [0.1, 0.15) is 6.61 Å². The first kappa shape index (κ1) is 13.1. The van der Waals surface area contributed by atoms with Crippen LogP contribution in [0.1, 0.15) is 18.1 Å². The van der Waals surface area contributed by atoms with Crippen molar-refractivity contribution in [3.63, 3.8) is 0 Å². The highest BCUT2D eigenvalue weighted by Gasteiger charge is 1.94. The van der Waals surface area contributed by atoms with Crippen LogP contribution in [0.2, 0.25) is 0 Å². The Kier molecular flexibility index (Phi) is 4.94. The van der Waals surface area contributed by atoms with E-state index in [0.717, 1.165) is 16.8 Å². The Bertz CT molecular complexity index is 544. The number of oxime groups is 1. The van der Waals surface area contributed by atoms with Gasteiger partial charge in [-0.25, -0.2) is 0 Å². The quantitative estimate of drug-likeness (QED) is 0.444. The van der Waals surface area contributed by atoms with E-state index in [1.807, 2.05) is 67.6 Å². The van der Waals surface area contributed by atoms with Crippen molar-refractivity contribution in [1.29, 1.82) is 0 Å². The first-order chi connectivity index (χ1) is 9.36. The molecule has 0 bridgehead atoms. The molecular formula is C17H17NO. The molecule has 19 heavy (non-hydrogen) atoms. The van der Waals surface area contributed by atoms with Gasteiger partial charge < -0.3 is 4.84 Å². The van der Waals surface area contributed by atoms with Crippen LogP contribution in [0.5, 0.6) is 0 Å². The molecule has 0 heterocycles. The summed E-state index contributed by atoms with van der Waals surface area (Å²) in [6, 6.07) is 20.1. The Morgan fingerprint density at radius 3 is 2.32 bits per heavy atom. The second kappa shape index (κ2) is 7.17. The molecule has 0 aromatic heterocycles. The normalized spacial score (nSPS) is 11.7. The number of rotatable bonds is 5. The molecule has 0 amide bonds. The first-order valence-corrected chi connectivity index (χ1v) is 6.30. The molecule has 0 N–H and O–H groups in total. The third-order valence-corrected chi connectivity index (χ3v) is 2.67. The highest BCUT2D eigenvalue weighted by atomic mass is 16.6. The minimum Gasteiger partial charge on any atom is -0.391 e. The molecular weight excluding hydrogens is 234 g/mol. The molecule has 0 saturated carbocycles. The summed E-state index contributed by atoms with van der Waals surface area (Å²) in [6.45, 7) is 2.41. The third-order valence-electron chi connectivity index (χ3n) is 2.67. The van der Waals surface area contributed by atoms with Gasteiger partial charge in [-0.15, -0.1) is 0 Å². The Morgan fingerprint density at radius 2 is 1.63 bits per heavy atom. The van der Waals surface area contributed by atoms with Crippen molar-refractivity contribution >= 4 is 11.8 Å². The van der Waals surface area contributed by atoms with Crippen molar-refractivity contribution in [2.24, 2.45) is 5.16 Å². The lowest BCUT2D eigenvalue weighted by atomic mass is 10.1. The topological polar surface area (TPSA) is 21.6 Å². The summed E-state index contributed by atoms with van der Waals surface area (Å²) in [4.78, 5) is 5.27. The van der Waals surface area contributed by atoms with Gasteiger partial charge in [-0.05, 0) is 24.1 Å². The van der Waals surface area contributed by atoms with Crippen molar-refractivity contribution in [2.75, 3.05) is 6.61 Å². The van der Waals surface area contributed by atoms with Crippen LogP contribution in [-0.2, 0) is 4.84 Å². The van der Waals surface area contributed by atoms with Crippen LogP contribution in [0.15, 0.2) is 71.9 Å². The molecule has 0 fully saturated rings. The van der Waals surface area contributed by atoms with Crippen molar-refractivity contribution in [3.05, 3.63) is 77.9 Å². The molecule has 96 valence electrons. The maximum absolute atomic E-state index is 5.27. The van der Waals surface area contributed by atoms with Gasteiger partial charge in [0.2, 0.25) is 0 Å². The molecule has 2 aromatic carbocycles. The van der Waals surface area contributed by atoms with Crippen molar-refractivity contribution in [2.45, 2.75) is 6.92 Å². The molecule has 0 saturated heterocycles. The molecule has 2 heteroatoms. The number of nitrogens with zero attached hydrogens (tertiary/aromatic N) is 1. The smallest absolute Gasteiger partial charge is 0.135 e. The third kappa shape index (κ3) is 4.43. The fourth-order valence-electron chi connectivity index (χ4n) is 1.66. The summed E-state index contributed by atoms with van der Waals surface area (Å²) >= 11 is 0. The minimum absolute atomic E-state index is 0.471. The fourth-order valence-corrected chi connectivity index (χ4v) is 1.66. The summed E-state index contributed by atoms with van der Waals surface area (Å²) in [5, 5.41) is 4.09. The maximum Gasteiger partial charge on any atom is 0.135 e. The zero-order valence-corrected chi connectivity index (χ0v) is 11.0. The van der Waals surface area contributed by atoms with Crippen LogP contribution in [-0.4, -0.2) is 12.3 Å². The van der Waals surface area contributed by atoms with Crippen LogP contribution < -0.4 is 0 Å².